The first kappa shape index (κ1) is 12.5. The molecule has 0 aliphatic heterocycles. The third-order valence-corrected chi connectivity index (χ3v) is 2.05. The normalized spacial score (nSPS) is 10.1. The van der Waals surface area contributed by atoms with Crippen LogP contribution in [0.3, 0.4) is 0 Å². The Labute approximate surface area is 95.8 Å². The van der Waals surface area contributed by atoms with Crippen LogP contribution in [0.25, 0.3) is 0 Å². The van der Waals surface area contributed by atoms with Gasteiger partial charge in [-0.1, -0.05) is 19.1 Å². The number of hydrogen-bond donors (Lipinski definition) is 2. The first-order chi connectivity index (χ1) is 7.72. The van der Waals surface area contributed by atoms with Gasteiger partial charge in [0.1, 0.15) is 6.61 Å². The van der Waals surface area contributed by atoms with Crippen molar-refractivity contribution in [3.8, 4) is 0 Å². The molecular weight excluding hydrogens is 204 g/mol. The lowest BCUT2D eigenvalue weighted by molar-refractivity contribution is -0.126. The number of carbonyl (C=O) groups excluding carboxylic acids is 1. The molecule has 0 saturated carbocycles. The predicted octanol–water partition coefficient (Wildman–Crippen LogP) is 1.31. The SMILES string of the molecule is CCCNC(=O)COCc1ccc(N)cc1. The highest BCUT2D eigenvalue weighted by molar-refractivity contribution is 5.77. The van der Waals surface area contributed by atoms with Crippen molar-refractivity contribution in [3.63, 3.8) is 0 Å². The molecule has 0 aromatic heterocycles. The summed E-state index contributed by atoms with van der Waals surface area (Å²) < 4.78 is 5.27. The summed E-state index contributed by atoms with van der Waals surface area (Å²) >= 11 is 0. The summed E-state index contributed by atoms with van der Waals surface area (Å²) in [6.45, 7) is 3.24. The van der Waals surface area contributed by atoms with Gasteiger partial charge in [-0.3, -0.25) is 4.79 Å². The quantitative estimate of drug-likeness (QED) is 0.713. The number of rotatable bonds is 6. The zero-order valence-corrected chi connectivity index (χ0v) is 9.53. The lowest BCUT2D eigenvalue weighted by Gasteiger charge is -2.05. The molecule has 0 bridgehead atoms. The average molecular weight is 222 g/mol. The van der Waals surface area contributed by atoms with Crippen molar-refractivity contribution in [3.05, 3.63) is 29.8 Å². The highest BCUT2D eigenvalue weighted by atomic mass is 16.5. The lowest BCUT2D eigenvalue weighted by atomic mass is 10.2. The Kier molecular flexibility index (Phi) is 5.36. The Morgan fingerprint density at radius 2 is 2.06 bits per heavy atom. The number of benzene rings is 1. The van der Waals surface area contributed by atoms with E-state index in [1.165, 1.54) is 0 Å². The van der Waals surface area contributed by atoms with E-state index in [9.17, 15) is 4.79 Å². The molecule has 3 N–H and O–H groups in total. The largest absolute Gasteiger partial charge is 0.399 e. The molecule has 0 spiro atoms. The minimum atomic E-state index is -0.0719. The van der Waals surface area contributed by atoms with Crippen molar-refractivity contribution in [1.29, 1.82) is 0 Å². The van der Waals surface area contributed by atoms with Gasteiger partial charge >= 0.3 is 0 Å². The second kappa shape index (κ2) is 6.85. The van der Waals surface area contributed by atoms with Crippen molar-refractivity contribution >= 4 is 11.6 Å². The molecule has 0 aliphatic rings. The second-order valence-electron chi connectivity index (χ2n) is 3.58. The predicted molar refractivity (Wildman–Crippen MR) is 63.8 cm³/mol. The minimum Gasteiger partial charge on any atom is -0.399 e. The highest BCUT2D eigenvalue weighted by Gasteiger charge is 2.00. The van der Waals surface area contributed by atoms with E-state index in [1.807, 2.05) is 31.2 Å². The van der Waals surface area contributed by atoms with E-state index < -0.39 is 0 Å². The second-order valence-corrected chi connectivity index (χ2v) is 3.58. The number of carbonyl (C=O) groups is 1. The van der Waals surface area contributed by atoms with Gasteiger partial charge in [0.05, 0.1) is 6.61 Å². The zero-order chi connectivity index (χ0) is 11.8. The van der Waals surface area contributed by atoms with Crippen LogP contribution < -0.4 is 11.1 Å². The van der Waals surface area contributed by atoms with Gasteiger partial charge in [-0.15, -0.1) is 0 Å². The summed E-state index contributed by atoms with van der Waals surface area (Å²) in [5, 5.41) is 2.74. The molecule has 0 saturated heterocycles. The number of amides is 1. The Bertz CT molecular complexity index is 322. The van der Waals surface area contributed by atoms with Crippen LogP contribution >= 0.6 is 0 Å². The van der Waals surface area contributed by atoms with Crippen molar-refractivity contribution in [2.24, 2.45) is 0 Å². The van der Waals surface area contributed by atoms with Crippen molar-refractivity contribution in [2.75, 3.05) is 18.9 Å². The van der Waals surface area contributed by atoms with Crippen LogP contribution in [0.2, 0.25) is 0 Å². The van der Waals surface area contributed by atoms with Crippen LogP contribution in [0.4, 0.5) is 5.69 Å². The van der Waals surface area contributed by atoms with Crippen LogP contribution in [0, 0.1) is 0 Å². The fourth-order valence-corrected chi connectivity index (χ4v) is 1.19. The molecule has 0 unspecified atom stereocenters. The Morgan fingerprint density at radius 1 is 1.38 bits per heavy atom. The maximum absolute atomic E-state index is 11.2. The Morgan fingerprint density at radius 3 is 2.69 bits per heavy atom. The highest BCUT2D eigenvalue weighted by Crippen LogP contribution is 2.06. The van der Waals surface area contributed by atoms with Crippen LogP contribution in [0.5, 0.6) is 0 Å². The summed E-state index contributed by atoms with van der Waals surface area (Å²) in [4.78, 5) is 11.2. The van der Waals surface area contributed by atoms with Gasteiger partial charge in [0.15, 0.2) is 0 Å². The molecule has 88 valence electrons. The number of nitrogen functional groups attached to an aromatic ring is 1. The standard InChI is InChI=1S/C12H18N2O2/c1-2-7-14-12(15)9-16-8-10-3-5-11(13)6-4-10/h3-6H,2,7-9,13H2,1H3,(H,14,15). The summed E-state index contributed by atoms with van der Waals surface area (Å²) in [5.41, 5.74) is 7.29. The van der Waals surface area contributed by atoms with Crippen molar-refractivity contribution in [1.82, 2.24) is 5.32 Å². The van der Waals surface area contributed by atoms with Gasteiger partial charge in [0.25, 0.3) is 0 Å². The van der Waals surface area contributed by atoms with Gasteiger partial charge in [-0.25, -0.2) is 0 Å². The van der Waals surface area contributed by atoms with Gasteiger partial charge in [-0.2, -0.15) is 0 Å². The summed E-state index contributed by atoms with van der Waals surface area (Å²) in [7, 11) is 0. The van der Waals surface area contributed by atoms with Crippen LogP contribution in [0.15, 0.2) is 24.3 Å². The van der Waals surface area contributed by atoms with E-state index in [0.717, 1.165) is 17.7 Å². The number of anilines is 1. The molecule has 1 amide bonds. The van der Waals surface area contributed by atoms with Gasteiger partial charge in [0.2, 0.25) is 5.91 Å². The first-order valence-electron chi connectivity index (χ1n) is 5.41. The van der Waals surface area contributed by atoms with Gasteiger partial charge in [-0.05, 0) is 24.1 Å². The molecule has 1 rings (SSSR count). The smallest absolute Gasteiger partial charge is 0.246 e. The number of ether oxygens (including phenoxy) is 1. The monoisotopic (exact) mass is 222 g/mol. The van der Waals surface area contributed by atoms with Crippen molar-refractivity contribution < 1.29 is 9.53 Å². The van der Waals surface area contributed by atoms with Gasteiger partial charge < -0.3 is 15.8 Å². The van der Waals surface area contributed by atoms with Crippen LogP contribution in [0.1, 0.15) is 18.9 Å². The molecule has 16 heavy (non-hydrogen) atoms. The molecule has 0 radical (unpaired) electrons. The van der Waals surface area contributed by atoms with Crippen molar-refractivity contribution in [2.45, 2.75) is 20.0 Å². The van der Waals surface area contributed by atoms with E-state index in [0.29, 0.717) is 13.2 Å². The molecule has 1 aromatic rings. The summed E-state index contributed by atoms with van der Waals surface area (Å²) in [5.74, 6) is -0.0719. The van der Waals surface area contributed by atoms with Crippen LogP contribution in [-0.4, -0.2) is 19.1 Å². The fraction of sp³-hybridized carbons (Fsp3) is 0.417. The number of hydrogen-bond acceptors (Lipinski definition) is 3. The third kappa shape index (κ3) is 4.79. The van der Waals surface area contributed by atoms with E-state index in [4.69, 9.17) is 10.5 Å². The third-order valence-electron chi connectivity index (χ3n) is 2.05. The molecule has 1 aromatic carbocycles. The zero-order valence-electron chi connectivity index (χ0n) is 9.53. The molecule has 0 fully saturated rings. The van der Waals surface area contributed by atoms with E-state index in [-0.39, 0.29) is 12.5 Å². The number of nitrogens with two attached hydrogens (primary N) is 1. The summed E-state index contributed by atoms with van der Waals surface area (Å²) in [6, 6.07) is 7.41. The molecular formula is C12H18N2O2. The average Bonchev–Trinajstić information content (AvgIpc) is 2.29. The molecule has 0 heterocycles. The maximum atomic E-state index is 11.2. The number of nitrogens with one attached hydrogen (secondary N) is 1. The maximum Gasteiger partial charge on any atom is 0.246 e. The molecule has 0 atom stereocenters. The van der Waals surface area contributed by atoms with E-state index in [1.54, 1.807) is 0 Å². The fourth-order valence-electron chi connectivity index (χ4n) is 1.19. The van der Waals surface area contributed by atoms with Gasteiger partial charge in [0, 0.05) is 12.2 Å². The molecule has 0 aliphatic carbocycles. The first-order valence-corrected chi connectivity index (χ1v) is 5.41. The molecule has 4 nitrogen and oxygen atoms in total. The Hall–Kier alpha value is -1.55. The summed E-state index contributed by atoms with van der Waals surface area (Å²) in [6.07, 6.45) is 0.934. The lowest BCUT2D eigenvalue weighted by Crippen LogP contribution is -2.28. The van der Waals surface area contributed by atoms with E-state index >= 15 is 0 Å². The molecule has 4 heteroatoms. The Balaban J connectivity index is 2.20. The topological polar surface area (TPSA) is 64.3 Å². The minimum absolute atomic E-state index is 0.0719. The van der Waals surface area contributed by atoms with E-state index in [2.05, 4.69) is 5.32 Å². The van der Waals surface area contributed by atoms with Crippen LogP contribution in [-0.2, 0) is 16.1 Å².